The zero-order valence-corrected chi connectivity index (χ0v) is 15.4. The lowest BCUT2D eigenvalue weighted by Gasteiger charge is -2.09. The first kappa shape index (κ1) is 16.6. The lowest BCUT2D eigenvalue weighted by atomic mass is 10.2. The molecule has 1 amide bonds. The highest BCUT2D eigenvalue weighted by Gasteiger charge is 2.20. The van der Waals surface area contributed by atoms with E-state index in [0.29, 0.717) is 16.4 Å². The average molecular weight is 376 g/mol. The van der Waals surface area contributed by atoms with Gasteiger partial charge in [0.25, 0.3) is 5.91 Å². The minimum absolute atomic E-state index is 0.0567. The topological polar surface area (TPSA) is 56.2 Å². The third kappa shape index (κ3) is 3.29. The van der Waals surface area contributed by atoms with Crippen molar-refractivity contribution in [2.45, 2.75) is 25.9 Å². The van der Waals surface area contributed by atoms with Gasteiger partial charge in [-0.15, -0.1) is 11.3 Å². The molecule has 1 atom stereocenters. The maximum absolute atomic E-state index is 12.5. The molecule has 1 aliphatic heterocycles. The first-order valence-corrected chi connectivity index (χ1v) is 9.46. The Labute approximate surface area is 154 Å². The summed E-state index contributed by atoms with van der Waals surface area (Å²) in [5, 5.41) is 9.26. The number of benzene rings is 1. The van der Waals surface area contributed by atoms with Gasteiger partial charge in [-0.2, -0.15) is 5.10 Å². The van der Waals surface area contributed by atoms with Crippen LogP contribution in [0.25, 0.3) is 15.9 Å². The van der Waals surface area contributed by atoms with Gasteiger partial charge in [0.1, 0.15) is 4.83 Å². The highest BCUT2D eigenvalue weighted by Crippen LogP contribution is 2.30. The van der Waals surface area contributed by atoms with Gasteiger partial charge in [-0.05, 0) is 50.1 Å². The molecule has 0 saturated carbocycles. The molecule has 0 spiro atoms. The van der Waals surface area contributed by atoms with Gasteiger partial charge in [0.2, 0.25) is 0 Å². The van der Waals surface area contributed by atoms with Crippen LogP contribution >= 0.6 is 22.9 Å². The lowest BCUT2D eigenvalue weighted by molar-refractivity contribution is 0.0861. The summed E-state index contributed by atoms with van der Waals surface area (Å²) in [6.45, 7) is 3.31. The van der Waals surface area contributed by atoms with Crippen molar-refractivity contribution in [3.63, 3.8) is 0 Å². The third-order valence-electron chi connectivity index (χ3n) is 4.35. The number of aryl methyl sites for hydroxylation is 1. The van der Waals surface area contributed by atoms with E-state index in [1.165, 1.54) is 11.3 Å². The first-order chi connectivity index (χ1) is 12.1. The zero-order valence-electron chi connectivity index (χ0n) is 13.8. The zero-order chi connectivity index (χ0) is 17.4. The summed E-state index contributed by atoms with van der Waals surface area (Å²) in [6.07, 6.45) is 2.22. The molecule has 1 unspecified atom stereocenters. The third-order valence-corrected chi connectivity index (χ3v) is 5.72. The summed E-state index contributed by atoms with van der Waals surface area (Å²) in [5.74, 6) is -0.0567. The summed E-state index contributed by atoms with van der Waals surface area (Å²) in [5.41, 5.74) is 1.83. The number of carbonyl (C=O) groups is 1. The van der Waals surface area contributed by atoms with Gasteiger partial charge >= 0.3 is 0 Å². The van der Waals surface area contributed by atoms with Crippen molar-refractivity contribution in [3.05, 3.63) is 45.9 Å². The van der Waals surface area contributed by atoms with Gasteiger partial charge < -0.3 is 10.1 Å². The van der Waals surface area contributed by atoms with Crippen LogP contribution in [0.2, 0.25) is 5.02 Å². The largest absolute Gasteiger partial charge is 0.376 e. The second-order valence-electron chi connectivity index (χ2n) is 6.15. The highest BCUT2D eigenvalue weighted by molar-refractivity contribution is 7.20. The molecule has 130 valence electrons. The van der Waals surface area contributed by atoms with E-state index in [4.69, 9.17) is 16.3 Å². The Kier molecular flexibility index (Phi) is 4.50. The Morgan fingerprint density at radius 1 is 1.44 bits per heavy atom. The first-order valence-electron chi connectivity index (χ1n) is 8.27. The number of rotatable bonds is 4. The molecule has 1 N–H and O–H groups in total. The fourth-order valence-corrected chi connectivity index (χ4v) is 4.24. The van der Waals surface area contributed by atoms with Crippen molar-refractivity contribution < 1.29 is 9.53 Å². The van der Waals surface area contributed by atoms with Crippen LogP contribution in [0.15, 0.2) is 30.3 Å². The van der Waals surface area contributed by atoms with Crippen molar-refractivity contribution in [1.29, 1.82) is 0 Å². The number of nitrogens with one attached hydrogen (secondary N) is 1. The van der Waals surface area contributed by atoms with Crippen molar-refractivity contribution in [3.8, 4) is 5.69 Å². The van der Waals surface area contributed by atoms with Crippen molar-refractivity contribution >= 4 is 39.1 Å². The molecular weight excluding hydrogens is 358 g/mol. The smallest absolute Gasteiger partial charge is 0.261 e. The van der Waals surface area contributed by atoms with Crippen molar-refractivity contribution in [1.82, 2.24) is 15.1 Å². The summed E-state index contributed by atoms with van der Waals surface area (Å²) in [4.78, 5) is 14.1. The number of aromatic nitrogens is 2. The maximum atomic E-state index is 12.5. The minimum Gasteiger partial charge on any atom is -0.376 e. The van der Waals surface area contributed by atoms with E-state index in [0.717, 1.165) is 41.0 Å². The number of amides is 1. The van der Waals surface area contributed by atoms with E-state index in [-0.39, 0.29) is 12.0 Å². The molecule has 1 saturated heterocycles. The lowest BCUT2D eigenvalue weighted by Crippen LogP contribution is -2.31. The fraction of sp³-hybridized carbons (Fsp3) is 0.333. The van der Waals surface area contributed by atoms with E-state index in [1.807, 2.05) is 41.9 Å². The van der Waals surface area contributed by atoms with Crippen LogP contribution < -0.4 is 5.32 Å². The molecule has 1 aliphatic rings. The number of nitrogens with zero attached hydrogens (tertiary/aromatic N) is 2. The number of carbonyl (C=O) groups excluding carboxylic acids is 1. The molecule has 3 heterocycles. The average Bonchev–Trinajstić information content (AvgIpc) is 3.32. The predicted octanol–water partition coefficient (Wildman–Crippen LogP) is 3.96. The molecule has 1 fully saturated rings. The molecule has 7 heteroatoms. The van der Waals surface area contributed by atoms with Gasteiger partial charge in [-0.1, -0.05) is 11.6 Å². The van der Waals surface area contributed by atoms with E-state index >= 15 is 0 Å². The summed E-state index contributed by atoms with van der Waals surface area (Å²) in [7, 11) is 0. The van der Waals surface area contributed by atoms with Gasteiger partial charge in [0, 0.05) is 23.6 Å². The van der Waals surface area contributed by atoms with E-state index in [2.05, 4.69) is 10.4 Å². The Morgan fingerprint density at radius 2 is 2.24 bits per heavy atom. The number of thiophene rings is 1. The second kappa shape index (κ2) is 6.78. The number of ether oxygens (including phenoxy) is 1. The monoisotopic (exact) mass is 375 g/mol. The number of fused-ring (bicyclic) bond motifs is 1. The Morgan fingerprint density at radius 3 is 2.96 bits per heavy atom. The molecule has 0 radical (unpaired) electrons. The standard InChI is InChI=1S/C18H18ClN3O2S/c1-11-15-9-16(17(23)20-10-14-3-2-8-24-14)25-18(15)22(21-11)13-6-4-12(19)5-7-13/h4-7,9,14H,2-3,8,10H2,1H3,(H,20,23). The SMILES string of the molecule is Cc1nn(-c2ccc(Cl)cc2)c2sc(C(=O)NCC3CCCO3)cc12. The minimum atomic E-state index is -0.0567. The van der Waals surface area contributed by atoms with Crippen LogP contribution in [0.5, 0.6) is 0 Å². The van der Waals surface area contributed by atoms with Crippen LogP contribution in [-0.4, -0.2) is 34.9 Å². The molecule has 3 aromatic rings. The molecule has 0 bridgehead atoms. The molecule has 4 rings (SSSR count). The molecule has 5 nitrogen and oxygen atoms in total. The van der Waals surface area contributed by atoms with E-state index in [1.54, 1.807) is 0 Å². The van der Waals surface area contributed by atoms with Gasteiger partial charge in [0.05, 0.1) is 22.4 Å². The fourth-order valence-electron chi connectivity index (χ4n) is 3.02. The second-order valence-corrected chi connectivity index (χ2v) is 7.62. The van der Waals surface area contributed by atoms with Crippen molar-refractivity contribution in [2.75, 3.05) is 13.2 Å². The summed E-state index contributed by atoms with van der Waals surface area (Å²) < 4.78 is 7.42. The summed E-state index contributed by atoms with van der Waals surface area (Å²) >= 11 is 7.42. The van der Waals surface area contributed by atoms with E-state index in [9.17, 15) is 4.79 Å². The van der Waals surface area contributed by atoms with Crippen LogP contribution in [-0.2, 0) is 4.74 Å². The number of hydrogen-bond acceptors (Lipinski definition) is 4. The van der Waals surface area contributed by atoms with Gasteiger partial charge in [-0.25, -0.2) is 4.68 Å². The quantitative estimate of drug-likeness (QED) is 0.751. The van der Waals surface area contributed by atoms with Crippen molar-refractivity contribution in [2.24, 2.45) is 0 Å². The number of halogens is 1. The molecule has 0 aliphatic carbocycles. The highest BCUT2D eigenvalue weighted by atomic mass is 35.5. The molecule has 1 aromatic carbocycles. The molecular formula is C18H18ClN3O2S. The summed E-state index contributed by atoms with van der Waals surface area (Å²) in [6, 6.07) is 9.43. The predicted molar refractivity (Wildman–Crippen MR) is 100 cm³/mol. The Bertz CT molecular complexity index is 910. The van der Waals surface area contributed by atoms with E-state index < -0.39 is 0 Å². The van der Waals surface area contributed by atoms with Gasteiger partial charge in [0.15, 0.2) is 0 Å². The Balaban J connectivity index is 1.60. The van der Waals surface area contributed by atoms with Gasteiger partial charge in [-0.3, -0.25) is 4.79 Å². The maximum Gasteiger partial charge on any atom is 0.261 e. The molecule has 2 aromatic heterocycles. The van der Waals surface area contributed by atoms with Crippen LogP contribution in [0.4, 0.5) is 0 Å². The normalized spacial score (nSPS) is 17.3. The van der Waals surface area contributed by atoms with Crippen LogP contribution in [0.3, 0.4) is 0 Å². The van der Waals surface area contributed by atoms with Crippen LogP contribution in [0.1, 0.15) is 28.2 Å². The molecule has 25 heavy (non-hydrogen) atoms. The van der Waals surface area contributed by atoms with Crippen LogP contribution in [0, 0.1) is 6.92 Å². The number of hydrogen-bond donors (Lipinski definition) is 1. The Hall–Kier alpha value is -1.89.